The zero-order valence-electron chi connectivity index (χ0n) is 11.7. The van der Waals surface area contributed by atoms with E-state index < -0.39 is 16.3 Å². The fourth-order valence-electron chi connectivity index (χ4n) is 2.82. The standard InChI is InChI=1S/C14H19N3O4/c18-13(19)14(6-3-1-2-4-7-14)10-16-11-5-8-15-9-12(11)17(20)21/h5,8-9H,1-4,6-7,10H2,(H,15,16)(H,18,19). The van der Waals surface area contributed by atoms with Crippen LogP contribution >= 0.6 is 0 Å². The number of pyridine rings is 1. The van der Waals surface area contributed by atoms with Gasteiger partial charge >= 0.3 is 11.7 Å². The van der Waals surface area contributed by atoms with Gasteiger partial charge in [0.05, 0.1) is 10.3 Å². The summed E-state index contributed by atoms with van der Waals surface area (Å²) in [7, 11) is 0. The van der Waals surface area contributed by atoms with Gasteiger partial charge in [0.25, 0.3) is 0 Å². The van der Waals surface area contributed by atoms with Crippen LogP contribution in [0.25, 0.3) is 0 Å². The summed E-state index contributed by atoms with van der Waals surface area (Å²) >= 11 is 0. The molecule has 1 heterocycles. The zero-order valence-corrected chi connectivity index (χ0v) is 11.7. The van der Waals surface area contributed by atoms with Crippen LogP contribution in [0, 0.1) is 15.5 Å². The summed E-state index contributed by atoms with van der Waals surface area (Å²) in [4.78, 5) is 25.8. The van der Waals surface area contributed by atoms with Crippen molar-refractivity contribution in [3.63, 3.8) is 0 Å². The molecule has 1 saturated carbocycles. The van der Waals surface area contributed by atoms with Crippen LogP contribution < -0.4 is 5.32 Å². The smallest absolute Gasteiger partial charge is 0.311 e. The van der Waals surface area contributed by atoms with Gasteiger partial charge in [-0.15, -0.1) is 0 Å². The lowest BCUT2D eigenvalue weighted by Crippen LogP contribution is -2.37. The number of aromatic nitrogens is 1. The number of aliphatic carboxylic acids is 1. The molecule has 7 heteroatoms. The normalized spacial score (nSPS) is 17.7. The average Bonchev–Trinajstić information content (AvgIpc) is 2.72. The van der Waals surface area contributed by atoms with Crippen LogP contribution in [-0.4, -0.2) is 27.5 Å². The van der Waals surface area contributed by atoms with Gasteiger partial charge in [-0.25, -0.2) is 0 Å². The van der Waals surface area contributed by atoms with Gasteiger partial charge in [-0.3, -0.25) is 19.9 Å². The van der Waals surface area contributed by atoms with Crippen molar-refractivity contribution in [2.24, 2.45) is 5.41 Å². The minimum absolute atomic E-state index is 0.133. The number of nitrogens with zero attached hydrogens (tertiary/aromatic N) is 2. The Bertz CT molecular complexity index is 525. The molecule has 0 bridgehead atoms. The molecule has 1 aliphatic rings. The Labute approximate surface area is 122 Å². The molecular weight excluding hydrogens is 274 g/mol. The number of carbonyl (C=O) groups is 1. The maximum Gasteiger partial charge on any atom is 0.311 e. The summed E-state index contributed by atoms with van der Waals surface area (Å²) in [5, 5.41) is 23.5. The fraction of sp³-hybridized carbons (Fsp3) is 0.571. The summed E-state index contributed by atoms with van der Waals surface area (Å²) in [6.45, 7) is 0.202. The summed E-state index contributed by atoms with van der Waals surface area (Å²) in [6, 6.07) is 1.50. The third-order valence-corrected chi connectivity index (χ3v) is 4.13. The second-order valence-corrected chi connectivity index (χ2v) is 5.50. The highest BCUT2D eigenvalue weighted by Gasteiger charge is 2.38. The fourth-order valence-corrected chi connectivity index (χ4v) is 2.82. The highest BCUT2D eigenvalue weighted by atomic mass is 16.6. The lowest BCUT2D eigenvalue weighted by atomic mass is 9.80. The molecule has 21 heavy (non-hydrogen) atoms. The third kappa shape index (κ3) is 3.48. The molecule has 0 radical (unpaired) electrons. The van der Waals surface area contributed by atoms with Crippen LogP contribution in [0.5, 0.6) is 0 Å². The van der Waals surface area contributed by atoms with Crippen molar-refractivity contribution in [1.29, 1.82) is 0 Å². The molecule has 0 unspecified atom stereocenters. The molecule has 1 fully saturated rings. The van der Waals surface area contributed by atoms with E-state index in [2.05, 4.69) is 10.3 Å². The lowest BCUT2D eigenvalue weighted by molar-refractivity contribution is -0.384. The van der Waals surface area contributed by atoms with E-state index in [0.717, 1.165) is 25.7 Å². The molecule has 2 N–H and O–H groups in total. The van der Waals surface area contributed by atoms with Crippen molar-refractivity contribution in [2.45, 2.75) is 38.5 Å². The SMILES string of the molecule is O=C(O)C1(CNc2ccncc2[N+](=O)[O-])CCCCCC1. The molecule has 1 aromatic heterocycles. The van der Waals surface area contributed by atoms with Crippen LogP contribution in [0.1, 0.15) is 38.5 Å². The highest BCUT2D eigenvalue weighted by molar-refractivity contribution is 5.76. The Kier molecular flexibility index (Phi) is 4.72. The first-order valence-electron chi connectivity index (χ1n) is 7.11. The highest BCUT2D eigenvalue weighted by Crippen LogP contribution is 2.36. The van der Waals surface area contributed by atoms with Crippen molar-refractivity contribution in [3.05, 3.63) is 28.6 Å². The van der Waals surface area contributed by atoms with E-state index in [9.17, 15) is 20.0 Å². The van der Waals surface area contributed by atoms with E-state index in [1.165, 1.54) is 18.5 Å². The van der Waals surface area contributed by atoms with E-state index in [4.69, 9.17) is 0 Å². The molecule has 0 saturated heterocycles. The van der Waals surface area contributed by atoms with Crippen molar-refractivity contribution in [3.8, 4) is 0 Å². The predicted molar refractivity (Wildman–Crippen MR) is 77.2 cm³/mol. The van der Waals surface area contributed by atoms with Crippen molar-refractivity contribution in [1.82, 2.24) is 4.98 Å². The lowest BCUT2D eigenvalue weighted by Gasteiger charge is -2.28. The van der Waals surface area contributed by atoms with Crippen molar-refractivity contribution in [2.75, 3.05) is 11.9 Å². The van der Waals surface area contributed by atoms with Gasteiger partial charge in [0.15, 0.2) is 0 Å². The Balaban J connectivity index is 2.16. The first-order valence-corrected chi connectivity index (χ1v) is 7.11. The van der Waals surface area contributed by atoms with Crippen LogP contribution in [0.4, 0.5) is 11.4 Å². The van der Waals surface area contributed by atoms with E-state index in [1.807, 2.05) is 0 Å². The summed E-state index contributed by atoms with van der Waals surface area (Å²) in [6.07, 6.45) is 7.69. The van der Waals surface area contributed by atoms with Crippen LogP contribution in [0.3, 0.4) is 0 Å². The number of carboxylic acid groups (broad SMARTS) is 1. The summed E-state index contributed by atoms with van der Waals surface area (Å²) in [5.41, 5.74) is -0.653. The van der Waals surface area contributed by atoms with E-state index in [-0.39, 0.29) is 12.2 Å². The van der Waals surface area contributed by atoms with Crippen LogP contribution in [-0.2, 0) is 4.79 Å². The average molecular weight is 293 g/mol. The molecular formula is C14H19N3O4. The summed E-state index contributed by atoms with van der Waals surface area (Å²) < 4.78 is 0. The molecule has 0 spiro atoms. The minimum atomic E-state index is -0.840. The molecule has 1 aliphatic carbocycles. The Morgan fingerprint density at radius 2 is 2.05 bits per heavy atom. The van der Waals surface area contributed by atoms with Gasteiger partial charge in [-0.2, -0.15) is 0 Å². The maximum atomic E-state index is 11.7. The number of hydrogen-bond donors (Lipinski definition) is 2. The van der Waals surface area contributed by atoms with Crippen molar-refractivity contribution < 1.29 is 14.8 Å². The first kappa shape index (κ1) is 15.2. The first-order chi connectivity index (χ1) is 10.1. The number of anilines is 1. The van der Waals surface area contributed by atoms with E-state index in [0.29, 0.717) is 18.5 Å². The molecule has 2 rings (SSSR count). The number of hydrogen-bond acceptors (Lipinski definition) is 5. The number of rotatable bonds is 5. The molecule has 0 atom stereocenters. The van der Waals surface area contributed by atoms with Crippen LogP contribution in [0.15, 0.2) is 18.5 Å². The van der Waals surface area contributed by atoms with E-state index >= 15 is 0 Å². The Morgan fingerprint density at radius 3 is 2.62 bits per heavy atom. The Hall–Kier alpha value is -2.18. The van der Waals surface area contributed by atoms with Crippen molar-refractivity contribution >= 4 is 17.3 Å². The quantitative estimate of drug-likeness (QED) is 0.491. The van der Waals surface area contributed by atoms with Gasteiger partial charge in [-0.1, -0.05) is 25.7 Å². The second-order valence-electron chi connectivity index (χ2n) is 5.50. The molecule has 114 valence electrons. The second kappa shape index (κ2) is 6.51. The monoisotopic (exact) mass is 293 g/mol. The van der Waals surface area contributed by atoms with Gasteiger partial charge < -0.3 is 10.4 Å². The van der Waals surface area contributed by atoms with Crippen LogP contribution in [0.2, 0.25) is 0 Å². The topological polar surface area (TPSA) is 105 Å². The largest absolute Gasteiger partial charge is 0.481 e. The van der Waals surface area contributed by atoms with E-state index in [1.54, 1.807) is 0 Å². The number of nitro groups is 1. The van der Waals surface area contributed by atoms with Gasteiger partial charge in [0.2, 0.25) is 0 Å². The Morgan fingerprint density at radius 1 is 1.38 bits per heavy atom. The molecule has 7 nitrogen and oxygen atoms in total. The van der Waals surface area contributed by atoms with Gasteiger partial charge in [0.1, 0.15) is 11.9 Å². The maximum absolute atomic E-state index is 11.7. The van der Waals surface area contributed by atoms with Gasteiger partial charge in [0, 0.05) is 12.7 Å². The molecule has 1 aromatic rings. The van der Waals surface area contributed by atoms with Gasteiger partial charge in [-0.05, 0) is 18.9 Å². The number of nitrogens with one attached hydrogen (secondary N) is 1. The molecule has 0 amide bonds. The summed E-state index contributed by atoms with van der Waals surface area (Å²) in [5.74, 6) is -0.825. The minimum Gasteiger partial charge on any atom is -0.481 e. The molecule has 0 aliphatic heterocycles. The third-order valence-electron chi connectivity index (χ3n) is 4.13. The molecule has 0 aromatic carbocycles. The zero-order chi connectivity index (χ0) is 15.3. The predicted octanol–water partition coefficient (Wildman–Crippen LogP) is 2.83. The number of carboxylic acids is 1.